The first-order chi connectivity index (χ1) is 11.6. The average molecular weight is 365 g/mol. The molecule has 0 radical (unpaired) electrons. The van der Waals surface area contributed by atoms with Crippen LogP contribution in [0.3, 0.4) is 0 Å². The van der Waals surface area contributed by atoms with Gasteiger partial charge in [-0.1, -0.05) is 30.3 Å². The number of amides is 3. The third-order valence-electron chi connectivity index (χ3n) is 3.86. The number of aliphatic carboxylic acids is 1. The molecule has 4 N–H and O–H groups in total. The summed E-state index contributed by atoms with van der Waals surface area (Å²) in [5, 5.41) is 11.5. The minimum absolute atomic E-state index is 0.524. The number of rotatable bonds is 6. The van der Waals surface area contributed by atoms with Gasteiger partial charge in [-0.3, -0.25) is 19.3 Å². The molecule has 1 saturated heterocycles. The molecule has 0 unspecified atom stereocenters. The van der Waals surface area contributed by atoms with Gasteiger partial charge in [0, 0.05) is 4.75 Å². The number of carbonyl (C=O) groups excluding carboxylic acids is 3. The Labute approximate surface area is 149 Å². The van der Waals surface area contributed by atoms with Gasteiger partial charge in [0.2, 0.25) is 5.91 Å². The van der Waals surface area contributed by atoms with E-state index in [4.69, 9.17) is 5.73 Å². The van der Waals surface area contributed by atoms with Crippen molar-refractivity contribution in [3.63, 3.8) is 0 Å². The number of nitrogens with zero attached hydrogens (tertiary/aromatic N) is 1. The number of carbonyl (C=O) groups is 4. The summed E-state index contributed by atoms with van der Waals surface area (Å²) in [4.78, 5) is 48.6. The number of nitrogens with one attached hydrogen (secondary N) is 1. The Hall–Kier alpha value is -2.39. The van der Waals surface area contributed by atoms with Gasteiger partial charge in [0.05, 0.1) is 0 Å². The van der Waals surface area contributed by atoms with Gasteiger partial charge in [-0.25, -0.2) is 4.79 Å². The molecule has 2 rings (SSSR count). The van der Waals surface area contributed by atoms with E-state index >= 15 is 0 Å². The zero-order valence-electron chi connectivity index (χ0n) is 13.7. The highest BCUT2D eigenvalue weighted by atomic mass is 32.1. The molecule has 0 aliphatic carbocycles. The van der Waals surface area contributed by atoms with Gasteiger partial charge in [-0.2, -0.15) is 12.6 Å². The summed E-state index contributed by atoms with van der Waals surface area (Å²) in [6.45, 7) is 2.96. The Morgan fingerprint density at radius 3 is 2.20 bits per heavy atom. The van der Waals surface area contributed by atoms with Crippen LogP contribution in [-0.2, 0) is 19.2 Å². The highest BCUT2D eigenvalue weighted by molar-refractivity contribution is 7.81. The third-order valence-corrected chi connectivity index (χ3v) is 4.10. The topological polar surface area (TPSA) is 130 Å². The first-order valence-corrected chi connectivity index (χ1v) is 7.93. The zero-order chi connectivity index (χ0) is 18.9. The molecule has 1 heterocycles. The molecular weight excluding hydrogens is 346 g/mol. The van der Waals surface area contributed by atoms with Crippen molar-refractivity contribution in [1.29, 1.82) is 0 Å². The van der Waals surface area contributed by atoms with Crippen molar-refractivity contribution < 1.29 is 24.3 Å². The Morgan fingerprint density at radius 1 is 1.24 bits per heavy atom. The van der Waals surface area contributed by atoms with Gasteiger partial charge in [0.1, 0.15) is 6.04 Å². The van der Waals surface area contributed by atoms with Crippen LogP contribution in [0, 0.1) is 0 Å². The second-order valence-electron chi connectivity index (χ2n) is 6.27. The summed E-state index contributed by atoms with van der Waals surface area (Å²) in [6.07, 6.45) is 0. The van der Waals surface area contributed by atoms with Crippen molar-refractivity contribution in [2.24, 2.45) is 5.73 Å². The van der Waals surface area contributed by atoms with E-state index in [1.807, 2.05) is 0 Å². The molecule has 8 nitrogen and oxygen atoms in total. The van der Waals surface area contributed by atoms with Crippen molar-refractivity contribution in [1.82, 2.24) is 10.2 Å². The molecule has 1 aromatic rings. The monoisotopic (exact) mass is 365 g/mol. The van der Waals surface area contributed by atoms with Gasteiger partial charge >= 0.3 is 5.97 Å². The van der Waals surface area contributed by atoms with Crippen molar-refractivity contribution in [2.45, 2.75) is 36.7 Å². The molecular formula is C16H19N3O5S. The van der Waals surface area contributed by atoms with Crippen molar-refractivity contribution in [3.8, 4) is 0 Å². The van der Waals surface area contributed by atoms with E-state index < -0.39 is 46.6 Å². The minimum Gasteiger partial charge on any atom is -0.480 e. The van der Waals surface area contributed by atoms with Crippen LogP contribution in [0.4, 0.5) is 0 Å². The molecule has 1 fully saturated rings. The number of likely N-dealkylation sites (tertiary alicyclic amines) is 1. The van der Waals surface area contributed by atoms with Crippen molar-refractivity contribution in [2.75, 3.05) is 0 Å². The van der Waals surface area contributed by atoms with E-state index in [1.54, 1.807) is 30.3 Å². The minimum atomic E-state index is -1.44. The van der Waals surface area contributed by atoms with Crippen LogP contribution in [0.5, 0.6) is 0 Å². The molecule has 2 atom stereocenters. The number of nitrogens with two attached hydrogens (primary N) is 1. The predicted octanol–water partition coefficient (Wildman–Crippen LogP) is -0.298. The second-order valence-corrected chi connectivity index (χ2v) is 7.42. The largest absolute Gasteiger partial charge is 0.480 e. The molecule has 1 aliphatic rings. The predicted molar refractivity (Wildman–Crippen MR) is 91.6 cm³/mol. The van der Waals surface area contributed by atoms with E-state index in [2.05, 4.69) is 17.9 Å². The Kier molecular flexibility index (Phi) is 5.19. The number of hydrogen-bond donors (Lipinski definition) is 4. The van der Waals surface area contributed by atoms with Gasteiger partial charge in [-0.05, 0) is 19.4 Å². The molecule has 1 aromatic carbocycles. The van der Waals surface area contributed by atoms with E-state index in [1.165, 1.54) is 13.8 Å². The summed E-state index contributed by atoms with van der Waals surface area (Å²) in [7, 11) is 0. The maximum absolute atomic E-state index is 12.2. The van der Waals surface area contributed by atoms with Gasteiger partial charge < -0.3 is 16.2 Å². The smallest absolute Gasteiger partial charge is 0.328 e. The molecule has 1 aliphatic heterocycles. The highest BCUT2D eigenvalue weighted by Crippen LogP contribution is 2.28. The van der Waals surface area contributed by atoms with Crippen molar-refractivity contribution in [3.05, 3.63) is 35.9 Å². The Morgan fingerprint density at radius 2 is 1.76 bits per heavy atom. The molecule has 3 amide bonds. The summed E-state index contributed by atoms with van der Waals surface area (Å²) in [5.74, 6) is -3.65. The van der Waals surface area contributed by atoms with Crippen LogP contribution >= 0.6 is 12.6 Å². The molecule has 0 bridgehead atoms. The van der Waals surface area contributed by atoms with Gasteiger partial charge in [0.25, 0.3) is 11.8 Å². The normalized spacial score (nSPS) is 17.7. The first-order valence-electron chi connectivity index (χ1n) is 7.48. The molecule has 134 valence electrons. The number of carboxylic acid groups (broad SMARTS) is 1. The maximum atomic E-state index is 12.2. The summed E-state index contributed by atoms with van der Waals surface area (Å²) < 4.78 is -1.15. The number of β-lactam (4-membered cyclic amide) rings is 2. The number of imide groups is 1. The van der Waals surface area contributed by atoms with Crippen LogP contribution in [-0.4, -0.2) is 50.5 Å². The fourth-order valence-electron chi connectivity index (χ4n) is 2.58. The number of thiol groups is 1. The van der Waals surface area contributed by atoms with Crippen molar-refractivity contribution >= 4 is 36.3 Å². The highest BCUT2D eigenvalue weighted by Gasteiger charge is 2.56. The molecule has 0 saturated carbocycles. The fraction of sp³-hybridized carbons (Fsp3) is 0.375. The molecule has 0 spiro atoms. The lowest BCUT2D eigenvalue weighted by Gasteiger charge is -2.43. The lowest BCUT2D eigenvalue weighted by Crippen LogP contribution is -2.74. The Balaban J connectivity index is 2.09. The van der Waals surface area contributed by atoms with Gasteiger partial charge in [0.15, 0.2) is 12.1 Å². The maximum Gasteiger partial charge on any atom is 0.328 e. The van der Waals surface area contributed by atoms with Crippen LogP contribution in [0.15, 0.2) is 30.3 Å². The van der Waals surface area contributed by atoms with E-state index in [-0.39, 0.29) is 0 Å². The van der Waals surface area contributed by atoms with E-state index in [9.17, 15) is 24.3 Å². The van der Waals surface area contributed by atoms with Crippen LogP contribution in [0.25, 0.3) is 0 Å². The Bertz CT molecular complexity index is 700. The van der Waals surface area contributed by atoms with Crippen LogP contribution in [0.2, 0.25) is 0 Å². The fourth-order valence-corrected chi connectivity index (χ4v) is 2.80. The molecule has 25 heavy (non-hydrogen) atoms. The lowest BCUT2D eigenvalue weighted by atomic mass is 9.94. The lowest BCUT2D eigenvalue weighted by molar-refractivity contribution is -0.173. The summed E-state index contributed by atoms with van der Waals surface area (Å²) in [5.41, 5.74) is 6.34. The van der Waals surface area contributed by atoms with E-state index in [0.29, 0.717) is 10.5 Å². The second kappa shape index (κ2) is 6.85. The number of benzene rings is 1. The summed E-state index contributed by atoms with van der Waals surface area (Å²) >= 11 is 4.14. The average Bonchev–Trinajstić information content (AvgIpc) is 2.55. The van der Waals surface area contributed by atoms with Crippen LogP contribution < -0.4 is 11.1 Å². The van der Waals surface area contributed by atoms with Crippen LogP contribution in [0.1, 0.15) is 25.5 Å². The number of carboxylic acids is 1. The van der Waals surface area contributed by atoms with Gasteiger partial charge in [-0.15, -0.1) is 0 Å². The number of hydrogen-bond acceptors (Lipinski definition) is 6. The zero-order valence-corrected chi connectivity index (χ0v) is 14.6. The first kappa shape index (κ1) is 18.9. The summed E-state index contributed by atoms with van der Waals surface area (Å²) in [6, 6.07) is 4.54. The molecule has 0 aromatic heterocycles. The van der Waals surface area contributed by atoms with E-state index in [0.717, 1.165) is 0 Å². The quantitative estimate of drug-likeness (QED) is 0.311. The standard InChI is InChI=1S/C16H19N3O5S/c1-16(2,25)11(15(23)24)19-13(21)10(14(19)22)18-12(20)9(17)8-6-4-3-5-7-8/h3-7,9-11,25H,17H2,1-2H3,(H,18,20)(H,23,24)/t9-,11+/m1/s1. The molecule has 9 heteroatoms. The SMILES string of the molecule is CC(C)(S)[C@H](C(=O)O)N1C(=O)C(NC(=O)[C@H](N)c2ccccc2)C1=O. The third kappa shape index (κ3) is 3.67.